The molecule has 0 aliphatic heterocycles. The normalized spacial score (nSPS) is 12.7. The predicted molar refractivity (Wildman–Crippen MR) is 67.0 cm³/mol. The van der Waals surface area contributed by atoms with Gasteiger partial charge in [0.2, 0.25) is 0 Å². The summed E-state index contributed by atoms with van der Waals surface area (Å²) >= 11 is 0. The zero-order valence-electron chi connectivity index (χ0n) is 10.0. The zero-order chi connectivity index (χ0) is 12.3. The summed E-state index contributed by atoms with van der Waals surface area (Å²) in [5.74, 6) is 0.357. The average molecular weight is 228 g/mol. The molecule has 17 heavy (non-hydrogen) atoms. The van der Waals surface area contributed by atoms with E-state index in [1.807, 2.05) is 18.2 Å². The van der Waals surface area contributed by atoms with E-state index in [4.69, 9.17) is 5.73 Å². The molecule has 2 aromatic heterocycles. The molecule has 4 heteroatoms. The number of pyridine rings is 1. The highest BCUT2D eigenvalue weighted by molar-refractivity contribution is 5.58. The Bertz CT molecular complexity index is 482. The summed E-state index contributed by atoms with van der Waals surface area (Å²) in [7, 11) is 0. The van der Waals surface area contributed by atoms with Gasteiger partial charge < -0.3 is 5.73 Å². The molecular weight excluding hydrogens is 212 g/mol. The summed E-state index contributed by atoms with van der Waals surface area (Å²) in [6.45, 7) is 4.16. The molecule has 0 saturated carbocycles. The molecule has 88 valence electrons. The van der Waals surface area contributed by atoms with E-state index in [1.54, 1.807) is 18.7 Å². The molecule has 0 radical (unpaired) electrons. The maximum atomic E-state index is 6.08. The molecular formula is C13H16N4. The Hall–Kier alpha value is -1.81. The summed E-state index contributed by atoms with van der Waals surface area (Å²) in [5, 5.41) is 0. The summed E-state index contributed by atoms with van der Waals surface area (Å²) < 4.78 is 0. The SMILES string of the molecule is CC(C)C(N)c1cc(-c2ccncc2)ncn1. The lowest BCUT2D eigenvalue weighted by Gasteiger charge is -2.15. The van der Waals surface area contributed by atoms with E-state index >= 15 is 0 Å². The molecule has 1 unspecified atom stereocenters. The molecule has 2 aromatic rings. The van der Waals surface area contributed by atoms with Gasteiger partial charge in [-0.3, -0.25) is 4.98 Å². The van der Waals surface area contributed by atoms with Crippen LogP contribution in [0.1, 0.15) is 25.6 Å². The van der Waals surface area contributed by atoms with E-state index in [0.717, 1.165) is 17.0 Å². The molecule has 0 saturated heterocycles. The number of nitrogens with zero attached hydrogens (tertiary/aromatic N) is 3. The van der Waals surface area contributed by atoms with Crippen LogP contribution in [0.25, 0.3) is 11.3 Å². The van der Waals surface area contributed by atoms with Gasteiger partial charge in [-0.25, -0.2) is 9.97 Å². The molecule has 0 aliphatic carbocycles. The molecule has 4 nitrogen and oxygen atoms in total. The second-order valence-electron chi connectivity index (χ2n) is 4.33. The van der Waals surface area contributed by atoms with Crippen molar-refractivity contribution >= 4 is 0 Å². The second kappa shape index (κ2) is 5.01. The highest BCUT2D eigenvalue weighted by atomic mass is 14.9. The van der Waals surface area contributed by atoms with E-state index < -0.39 is 0 Å². The highest BCUT2D eigenvalue weighted by Gasteiger charge is 2.12. The van der Waals surface area contributed by atoms with Crippen LogP contribution in [0.5, 0.6) is 0 Å². The minimum atomic E-state index is -0.0569. The number of nitrogens with two attached hydrogens (primary N) is 1. The van der Waals surface area contributed by atoms with Gasteiger partial charge in [0.25, 0.3) is 0 Å². The average Bonchev–Trinajstić information content (AvgIpc) is 2.39. The summed E-state index contributed by atoms with van der Waals surface area (Å²) in [6.07, 6.45) is 5.06. The van der Waals surface area contributed by atoms with Crippen LogP contribution in [0.3, 0.4) is 0 Å². The van der Waals surface area contributed by atoms with Gasteiger partial charge >= 0.3 is 0 Å². The van der Waals surface area contributed by atoms with E-state index in [0.29, 0.717) is 5.92 Å². The minimum absolute atomic E-state index is 0.0569. The molecule has 2 heterocycles. The van der Waals surface area contributed by atoms with Crippen LogP contribution in [0.15, 0.2) is 36.9 Å². The quantitative estimate of drug-likeness (QED) is 0.874. The third kappa shape index (κ3) is 2.65. The van der Waals surface area contributed by atoms with Crippen molar-refractivity contribution in [2.45, 2.75) is 19.9 Å². The second-order valence-corrected chi connectivity index (χ2v) is 4.33. The molecule has 2 N–H and O–H groups in total. The van der Waals surface area contributed by atoms with E-state index in [2.05, 4.69) is 28.8 Å². The van der Waals surface area contributed by atoms with Gasteiger partial charge in [-0.05, 0) is 24.1 Å². The Morgan fingerprint density at radius 3 is 2.47 bits per heavy atom. The van der Waals surface area contributed by atoms with Crippen molar-refractivity contribution in [3.63, 3.8) is 0 Å². The minimum Gasteiger partial charge on any atom is -0.322 e. The number of aromatic nitrogens is 3. The zero-order valence-corrected chi connectivity index (χ0v) is 10.0. The third-order valence-electron chi connectivity index (χ3n) is 2.72. The van der Waals surface area contributed by atoms with Crippen molar-refractivity contribution in [2.24, 2.45) is 11.7 Å². The Labute approximate surface area is 101 Å². The van der Waals surface area contributed by atoms with Crippen molar-refractivity contribution in [3.8, 4) is 11.3 Å². The molecule has 0 aromatic carbocycles. The van der Waals surface area contributed by atoms with Gasteiger partial charge in [-0.15, -0.1) is 0 Å². The van der Waals surface area contributed by atoms with Crippen LogP contribution in [0, 0.1) is 5.92 Å². The molecule has 0 spiro atoms. The first kappa shape index (κ1) is 11.7. The van der Waals surface area contributed by atoms with Crippen molar-refractivity contribution in [2.75, 3.05) is 0 Å². The van der Waals surface area contributed by atoms with Crippen molar-refractivity contribution < 1.29 is 0 Å². The lowest BCUT2D eigenvalue weighted by Crippen LogP contribution is -2.18. The summed E-state index contributed by atoms with van der Waals surface area (Å²) in [6, 6.07) is 5.73. The predicted octanol–water partition coefficient (Wildman–Crippen LogP) is 2.19. The number of hydrogen-bond acceptors (Lipinski definition) is 4. The molecule has 0 bridgehead atoms. The van der Waals surface area contributed by atoms with Gasteiger partial charge in [0.1, 0.15) is 6.33 Å². The van der Waals surface area contributed by atoms with E-state index in [-0.39, 0.29) is 6.04 Å². The van der Waals surface area contributed by atoms with Crippen LogP contribution < -0.4 is 5.73 Å². The van der Waals surface area contributed by atoms with Crippen molar-refractivity contribution in [3.05, 3.63) is 42.6 Å². The van der Waals surface area contributed by atoms with Crippen LogP contribution in [0.2, 0.25) is 0 Å². The van der Waals surface area contributed by atoms with Crippen LogP contribution in [0.4, 0.5) is 0 Å². The van der Waals surface area contributed by atoms with Crippen molar-refractivity contribution in [1.29, 1.82) is 0 Å². The number of rotatable bonds is 3. The monoisotopic (exact) mass is 228 g/mol. The standard InChI is InChI=1S/C13H16N4/c1-9(2)13(14)12-7-11(16-8-17-12)10-3-5-15-6-4-10/h3-9,13H,14H2,1-2H3. The first-order valence-electron chi connectivity index (χ1n) is 5.66. The van der Waals surface area contributed by atoms with Crippen LogP contribution in [-0.4, -0.2) is 15.0 Å². The highest BCUT2D eigenvalue weighted by Crippen LogP contribution is 2.21. The lowest BCUT2D eigenvalue weighted by molar-refractivity contribution is 0.502. The molecule has 2 rings (SSSR count). The first-order chi connectivity index (χ1) is 8.18. The Morgan fingerprint density at radius 2 is 1.82 bits per heavy atom. The fourth-order valence-electron chi connectivity index (χ4n) is 1.58. The molecule has 0 amide bonds. The Kier molecular flexibility index (Phi) is 3.44. The molecule has 0 fully saturated rings. The van der Waals surface area contributed by atoms with Gasteiger partial charge in [-0.2, -0.15) is 0 Å². The van der Waals surface area contributed by atoms with Crippen LogP contribution >= 0.6 is 0 Å². The van der Waals surface area contributed by atoms with Gasteiger partial charge in [0.15, 0.2) is 0 Å². The van der Waals surface area contributed by atoms with E-state index in [9.17, 15) is 0 Å². The maximum absolute atomic E-state index is 6.08. The number of hydrogen-bond donors (Lipinski definition) is 1. The maximum Gasteiger partial charge on any atom is 0.116 e. The van der Waals surface area contributed by atoms with E-state index in [1.165, 1.54) is 0 Å². The summed E-state index contributed by atoms with van der Waals surface area (Å²) in [4.78, 5) is 12.5. The topological polar surface area (TPSA) is 64.7 Å². The largest absolute Gasteiger partial charge is 0.322 e. The van der Waals surface area contributed by atoms with Crippen molar-refractivity contribution in [1.82, 2.24) is 15.0 Å². The smallest absolute Gasteiger partial charge is 0.116 e. The van der Waals surface area contributed by atoms with Crippen LogP contribution in [-0.2, 0) is 0 Å². The fourth-order valence-corrected chi connectivity index (χ4v) is 1.58. The first-order valence-corrected chi connectivity index (χ1v) is 5.66. The molecule has 1 atom stereocenters. The third-order valence-corrected chi connectivity index (χ3v) is 2.72. The molecule has 0 aliphatic rings. The van der Waals surface area contributed by atoms with Gasteiger partial charge in [0.05, 0.1) is 11.4 Å². The van der Waals surface area contributed by atoms with Gasteiger partial charge in [-0.1, -0.05) is 13.8 Å². The van der Waals surface area contributed by atoms with Gasteiger partial charge in [0, 0.05) is 24.0 Å². The lowest BCUT2D eigenvalue weighted by atomic mass is 10.0. The summed E-state index contributed by atoms with van der Waals surface area (Å²) in [5.41, 5.74) is 8.87. The fraction of sp³-hybridized carbons (Fsp3) is 0.308. The Morgan fingerprint density at radius 1 is 1.12 bits per heavy atom. The Balaban J connectivity index is 2.35.